The molecule has 3 aliphatic carbocycles. The van der Waals surface area contributed by atoms with Crippen LogP contribution >= 0.6 is 0 Å². The lowest BCUT2D eigenvalue weighted by Crippen LogP contribution is -2.46. The molecule has 9 heteroatoms. The summed E-state index contributed by atoms with van der Waals surface area (Å²) in [6.07, 6.45) is 3.69. The second-order valence-electron chi connectivity index (χ2n) is 8.52. The number of carbonyl (C=O) groups excluding carboxylic acids is 3. The van der Waals surface area contributed by atoms with Gasteiger partial charge in [0, 0.05) is 11.8 Å². The summed E-state index contributed by atoms with van der Waals surface area (Å²) in [4.78, 5) is 48.1. The van der Waals surface area contributed by atoms with Crippen LogP contribution in [0.1, 0.15) is 45.4 Å². The van der Waals surface area contributed by atoms with Crippen LogP contribution < -0.4 is 0 Å². The molecule has 160 valence electrons. The zero-order valence-corrected chi connectivity index (χ0v) is 16.3. The minimum atomic E-state index is -1.19. The lowest BCUT2D eigenvalue weighted by molar-refractivity contribution is -0.177. The zero-order chi connectivity index (χ0) is 20.8. The molecule has 6 unspecified atom stereocenters. The van der Waals surface area contributed by atoms with E-state index in [1.165, 1.54) is 0 Å². The van der Waals surface area contributed by atoms with E-state index in [-0.39, 0.29) is 11.8 Å². The van der Waals surface area contributed by atoms with E-state index in [0.29, 0.717) is 6.42 Å². The SMILES string of the molecule is CCC1(OC(=O)C2C3CC4C(OC(=O)C42)C3OC(=O)COCC(=O)O)CCCC1. The summed E-state index contributed by atoms with van der Waals surface area (Å²) in [6, 6.07) is 0. The van der Waals surface area contributed by atoms with Gasteiger partial charge in [0.25, 0.3) is 0 Å². The van der Waals surface area contributed by atoms with Crippen molar-refractivity contribution in [1.29, 1.82) is 0 Å². The largest absolute Gasteiger partial charge is 0.480 e. The molecular weight excluding hydrogens is 384 g/mol. The molecule has 9 nitrogen and oxygen atoms in total. The van der Waals surface area contributed by atoms with Gasteiger partial charge in [0.15, 0.2) is 0 Å². The third kappa shape index (κ3) is 3.49. The highest BCUT2D eigenvalue weighted by molar-refractivity contribution is 5.86. The Morgan fingerprint density at radius 1 is 1.17 bits per heavy atom. The Balaban J connectivity index is 1.45. The summed E-state index contributed by atoms with van der Waals surface area (Å²) >= 11 is 0. The smallest absolute Gasteiger partial charge is 0.332 e. The maximum absolute atomic E-state index is 13.1. The molecule has 29 heavy (non-hydrogen) atoms. The molecule has 1 saturated heterocycles. The topological polar surface area (TPSA) is 125 Å². The molecular formula is C20H26O9. The van der Waals surface area contributed by atoms with Crippen LogP contribution in [0.25, 0.3) is 0 Å². The molecule has 0 aromatic carbocycles. The third-order valence-electron chi connectivity index (χ3n) is 7.01. The highest BCUT2D eigenvalue weighted by Gasteiger charge is 2.70. The van der Waals surface area contributed by atoms with Crippen LogP contribution in [0.15, 0.2) is 0 Å². The highest BCUT2D eigenvalue weighted by Crippen LogP contribution is 2.59. The van der Waals surface area contributed by atoms with Gasteiger partial charge in [-0.25, -0.2) is 9.59 Å². The average molecular weight is 410 g/mol. The number of aliphatic carboxylic acids is 1. The number of carboxylic acid groups (broad SMARTS) is 1. The molecule has 3 saturated carbocycles. The minimum absolute atomic E-state index is 0.163. The fourth-order valence-corrected chi connectivity index (χ4v) is 5.70. The van der Waals surface area contributed by atoms with E-state index in [4.69, 9.17) is 24.1 Å². The van der Waals surface area contributed by atoms with Gasteiger partial charge in [-0.2, -0.15) is 0 Å². The summed E-state index contributed by atoms with van der Waals surface area (Å²) in [6.45, 7) is 0.875. The molecule has 0 radical (unpaired) electrons. The predicted molar refractivity (Wildman–Crippen MR) is 94.4 cm³/mol. The van der Waals surface area contributed by atoms with Crippen molar-refractivity contribution in [3.8, 4) is 0 Å². The number of rotatable bonds is 8. The van der Waals surface area contributed by atoms with E-state index in [1.54, 1.807) is 0 Å². The number of ether oxygens (including phenoxy) is 4. The molecule has 4 fully saturated rings. The molecule has 2 bridgehead atoms. The first-order valence-electron chi connectivity index (χ1n) is 10.3. The number of carbonyl (C=O) groups is 4. The zero-order valence-electron chi connectivity index (χ0n) is 16.3. The predicted octanol–water partition coefficient (Wildman–Crippen LogP) is 1.07. The average Bonchev–Trinajstić information content (AvgIpc) is 3.39. The van der Waals surface area contributed by atoms with Crippen LogP contribution in [0.2, 0.25) is 0 Å². The third-order valence-corrected chi connectivity index (χ3v) is 7.01. The molecule has 0 aromatic heterocycles. The van der Waals surface area contributed by atoms with Gasteiger partial charge in [-0.05, 0) is 38.5 Å². The molecule has 4 rings (SSSR count). The quantitative estimate of drug-likeness (QED) is 0.462. The lowest BCUT2D eigenvalue weighted by Gasteiger charge is -2.34. The summed E-state index contributed by atoms with van der Waals surface area (Å²) in [5, 5.41) is 8.58. The molecule has 0 spiro atoms. The van der Waals surface area contributed by atoms with E-state index in [1.807, 2.05) is 6.92 Å². The fourth-order valence-electron chi connectivity index (χ4n) is 5.70. The second kappa shape index (κ2) is 7.59. The Kier molecular flexibility index (Phi) is 5.27. The van der Waals surface area contributed by atoms with Crippen LogP contribution in [0.5, 0.6) is 0 Å². The van der Waals surface area contributed by atoms with Gasteiger partial charge in [-0.1, -0.05) is 6.92 Å². The Labute approximate surface area is 168 Å². The minimum Gasteiger partial charge on any atom is -0.480 e. The number of hydrogen-bond acceptors (Lipinski definition) is 8. The van der Waals surface area contributed by atoms with Crippen molar-refractivity contribution in [2.24, 2.45) is 23.7 Å². The maximum atomic E-state index is 13.1. The van der Waals surface area contributed by atoms with E-state index < -0.39 is 66.7 Å². The van der Waals surface area contributed by atoms with Gasteiger partial charge < -0.3 is 24.1 Å². The first kappa shape index (κ1) is 20.1. The summed E-state index contributed by atoms with van der Waals surface area (Å²) in [5.74, 6) is -4.47. The molecule has 4 aliphatic rings. The fraction of sp³-hybridized carbons (Fsp3) is 0.800. The number of hydrogen-bond donors (Lipinski definition) is 1. The Morgan fingerprint density at radius 3 is 2.55 bits per heavy atom. The molecule has 1 heterocycles. The van der Waals surface area contributed by atoms with Gasteiger partial charge in [0.1, 0.15) is 31.0 Å². The Bertz CT molecular complexity index is 711. The van der Waals surface area contributed by atoms with Gasteiger partial charge >= 0.3 is 23.9 Å². The molecule has 6 atom stereocenters. The van der Waals surface area contributed by atoms with Crippen molar-refractivity contribution in [3.05, 3.63) is 0 Å². The molecule has 0 amide bonds. The molecule has 0 aromatic rings. The van der Waals surface area contributed by atoms with Crippen LogP contribution in [-0.2, 0) is 38.1 Å². The number of esters is 3. The van der Waals surface area contributed by atoms with Gasteiger partial charge in [0.2, 0.25) is 0 Å². The van der Waals surface area contributed by atoms with Crippen LogP contribution in [-0.4, -0.2) is 60.0 Å². The number of fused-ring (bicyclic) bond motifs is 1. The van der Waals surface area contributed by atoms with E-state index in [9.17, 15) is 19.2 Å². The second-order valence-corrected chi connectivity index (χ2v) is 8.52. The molecule has 1 N–H and O–H groups in total. The Hall–Kier alpha value is -2.16. The van der Waals surface area contributed by atoms with Crippen molar-refractivity contribution in [2.75, 3.05) is 13.2 Å². The van der Waals surface area contributed by atoms with Crippen molar-refractivity contribution in [1.82, 2.24) is 0 Å². The van der Waals surface area contributed by atoms with Crippen LogP contribution in [0.3, 0.4) is 0 Å². The maximum Gasteiger partial charge on any atom is 0.332 e. The first-order chi connectivity index (χ1) is 13.8. The number of carboxylic acids is 1. The van der Waals surface area contributed by atoms with Gasteiger partial charge in [-0.15, -0.1) is 0 Å². The van der Waals surface area contributed by atoms with E-state index in [0.717, 1.165) is 32.1 Å². The van der Waals surface area contributed by atoms with E-state index >= 15 is 0 Å². The van der Waals surface area contributed by atoms with Crippen molar-refractivity contribution in [3.63, 3.8) is 0 Å². The Morgan fingerprint density at radius 2 is 1.90 bits per heavy atom. The summed E-state index contributed by atoms with van der Waals surface area (Å²) in [5.41, 5.74) is -0.461. The highest BCUT2D eigenvalue weighted by atomic mass is 16.6. The van der Waals surface area contributed by atoms with Gasteiger partial charge in [0.05, 0.1) is 11.8 Å². The monoisotopic (exact) mass is 410 g/mol. The van der Waals surface area contributed by atoms with Crippen molar-refractivity contribution in [2.45, 2.75) is 63.3 Å². The summed E-state index contributed by atoms with van der Waals surface area (Å²) < 4.78 is 21.6. The van der Waals surface area contributed by atoms with Crippen LogP contribution in [0.4, 0.5) is 0 Å². The van der Waals surface area contributed by atoms with Crippen LogP contribution in [0, 0.1) is 23.7 Å². The normalized spacial score (nSPS) is 36.1. The standard InChI is InChI=1S/C20H26O9/c1-2-20(5-3-4-6-20)29-19(25)15-11-7-10-14(15)18(24)28-17(10)16(11)27-13(23)9-26-8-12(21)22/h10-11,14-17H,2-9H2,1H3,(H,21,22). The van der Waals surface area contributed by atoms with Gasteiger partial charge in [-0.3, -0.25) is 9.59 Å². The van der Waals surface area contributed by atoms with Crippen molar-refractivity contribution < 1.29 is 43.2 Å². The lowest BCUT2D eigenvalue weighted by atomic mass is 9.78. The summed E-state index contributed by atoms with van der Waals surface area (Å²) in [7, 11) is 0. The molecule has 1 aliphatic heterocycles. The first-order valence-corrected chi connectivity index (χ1v) is 10.3. The van der Waals surface area contributed by atoms with Crippen molar-refractivity contribution >= 4 is 23.9 Å². The van der Waals surface area contributed by atoms with E-state index in [2.05, 4.69) is 0 Å².